The highest BCUT2D eigenvalue weighted by Crippen LogP contribution is 2.47. The van der Waals surface area contributed by atoms with Crippen molar-refractivity contribution in [2.45, 2.75) is 24.9 Å². The molecule has 0 spiro atoms. The van der Waals surface area contributed by atoms with E-state index < -0.39 is 35.9 Å². The van der Waals surface area contributed by atoms with Gasteiger partial charge in [-0.1, -0.05) is 6.07 Å². The lowest BCUT2D eigenvalue weighted by Crippen LogP contribution is -2.73. The Labute approximate surface area is 133 Å². The molecule has 2 rings (SSSR count). The van der Waals surface area contributed by atoms with Gasteiger partial charge >= 0.3 is 18.2 Å². The Bertz CT molecular complexity index is 593. The van der Waals surface area contributed by atoms with Crippen molar-refractivity contribution in [1.82, 2.24) is 10.2 Å². The topological polar surface area (TPSA) is 78.9 Å². The van der Waals surface area contributed by atoms with E-state index in [1.54, 1.807) is 11.4 Å². The number of esters is 1. The van der Waals surface area contributed by atoms with Crippen molar-refractivity contribution in [1.29, 1.82) is 0 Å². The Morgan fingerprint density at radius 3 is 2.70 bits per heavy atom. The Morgan fingerprint density at radius 2 is 2.22 bits per heavy atom. The predicted octanol–water partition coefficient (Wildman–Crippen LogP) is 1.87. The molecular formula is C13H15F3N2O4S. The number of halogens is 3. The summed E-state index contributed by atoms with van der Waals surface area (Å²) in [5.41, 5.74) is -3.67. The number of amides is 2. The van der Waals surface area contributed by atoms with Crippen LogP contribution < -0.4 is 5.32 Å². The molecule has 1 aromatic rings. The summed E-state index contributed by atoms with van der Waals surface area (Å²) in [6, 6.07) is 0.566. The van der Waals surface area contributed by atoms with Crippen LogP contribution in [0.5, 0.6) is 0 Å². The monoisotopic (exact) mass is 352 g/mol. The molecule has 6 nitrogen and oxygen atoms in total. The SMILES string of the molecule is CCOC(=O)[C@@H]1[C@@H](c2cccs2)NC(=O)N(C)[C@@]1(O)C(F)(F)F. The van der Waals surface area contributed by atoms with Crippen molar-refractivity contribution in [2.75, 3.05) is 13.7 Å². The number of carbonyl (C=O) groups is 2. The second-order valence-electron chi connectivity index (χ2n) is 4.96. The lowest BCUT2D eigenvalue weighted by Gasteiger charge is -2.48. The van der Waals surface area contributed by atoms with Gasteiger partial charge in [-0.25, -0.2) is 4.79 Å². The molecule has 23 heavy (non-hydrogen) atoms. The summed E-state index contributed by atoms with van der Waals surface area (Å²) >= 11 is 1.06. The quantitative estimate of drug-likeness (QED) is 0.814. The zero-order valence-corrected chi connectivity index (χ0v) is 13.1. The molecule has 0 aliphatic carbocycles. The van der Waals surface area contributed by atoms with Crippen LogP contribution in [0.4, 0.5) is 18.0 Å². The van der Waals surface area contributed by atoms with E-state index in [4.69, 9.17) is 4.74 Å². The van der Waals surface area contributed by atoms with E-state index in [-0.39, 0.29) is 11.5 Å². The summed E-state index contributed by atoms with van der Waals surface area (Å²) in [5.74, 6) is -3.29. The largest absolute Gasteiger partial charge is 0.466 e. The first-order valence-corrected chi connectivity index (χ1v) is 7.56. The third kappa shape index (κ3) is 2.76. The Kier molecular flexibility index (Phi) is 4.58. The molecule has 1 aromatic heterocycles. The highest BCUT2D eigenvalue weighted by Gasteiger charge is 2.69. The van der Waals surface area contributed by atoms with Crippen LogP contribution >= 0.6 is 11.3 Å². The fourth-order valence-electron chi connectivity index (χ4n) is 2.51. The zero-order chi connectivity index (χ0) is 17.4. The molecule has 0 radical (unpaired) electrons. The van der Waals surface area contributed by atoms with Crippen LogP contribution in [-0.2, 0) is 9.53 Å². The normalized spacial score (nSPS) is 28.4. The fraction of sp³-hybridized carbons (Fsp3) is 0.538. The van der Waals surface area contributed by atoms with Crippen LogP contribution in [-0.4, -0.2) is 47.6 Å². The van der Waals surface area contributed by atoms with Gasteiger partial charge in [0.05, 0.1) is 12.6 Å². The van der Waals surface area contributed by atoms with Crippen LogP contribution in [0.15, 0.2) is 17.5 Å². The molecule has 3 atom stereocenters. The zero-order valence-electron chi connectivity index (χ0n) is 12.3. The van der Waals surface area contributed by atoms with Crippen LogP contribution in [0.2, 0.25) is 0 Å². The number of carbonyl (C=O) groups excluding carboxylic acids is 2. The number of alkyl halides is 3. The number of nitrogens with one attached hydrogen (secondary N) is 1. The number of hydrogen-bond donors (Lipinski definition) is 2. The van der Waals surface area contributed by atoms with E-state index in [9.17, 15) is 27.9 Å². The first-order valence-electron chi connectivity index (χ1n) is 6.68. The molecule has 0 saturated carbocycles. The second-order valence-corrected chi connectivity index (χ2v) is 5.93. The van der Waals surface area contributed by atoms with Gasteiger partial charge in [-0.2, -0.15) is 13.2 Å². The molecule has 1 fully saturated rings. The van der Waals surface area contributed by atoms with Gasteiger partial charge in [0.25, 0.3) is 5.72 Å². The van der Waals surface area contributed by atoms with Gasteiger partial charge in [0, 0.05) is 11.9 Å². The smallest absolute Gasteiger partial charge is 0.437 e. The van der Waals surface area contributed by atoms with Crippen LogP contribution in [0.1, 0.15) is 17.8 Å². The molecule has 128 valence electrons. The lowest BCUT2D eigenvalue weighted by atomic mass is 9.83. The minimum Gasteiger partial charge on any atom is -0.466 e. The summed E-state index contributed by atoms with van der Waals surface area (Å²) in [4.78, 5) is 24.5. The van der Waals surface area contributed by atoms with Crippen molar-refractivity contribution in [3.63, 3.8) is 0 Å². The van der Waals surface area contributed by atoms with Gasteiger partial charge in [0.1, 0.15) is 5.92 Å². The molecule has 1 aliphatic heterocycles. The van der Waals surface area contributed by atoms with E-state index in [0.29, 0.717) is 4.88 Å². The lowest BCUT2D eigenvalue weighted by molar-refractivity contribution is -0.328. The molecule has 2 heterocycles. The summed E-state index contributed by atoms with van der Waals surface area (Å²) in [7, 11) is 0.777. The highest BCUT2D eigenvalue weighted by molar-refractivity contribution is 7.10. The van der Waals surface area contributed by atoms with Crippen LogP contribution in [0.25, 0.3) is 0 Å². The maximum Gasteiger partial charge on any atom is 0.437 e. The van der Waals surface area contributed by atoms with Gasteiger partial charge < -0.3 is 15.2 Å². The molecule has 0 aromatic carbocycles. The average molecular weight is 352 g/mol. The van der Waals surface area contributed by atoms with E-state index in [1.165, 1.54) is 13.0 Å². The summed E-state index contributed by atoms with van der Waals surface area (Å²) < 4.78 is 45.3. The minimum absolute atomic E-state index is 0.0820. The van der Waals surface area contributed by atoms with Crippen molar-refractivity contribution < 1.29 is 32.6 Å². The van der Waals surface area contributed by atoms with Crippen molar-refractivity contribution in [3.05, 3.63) is 22.4 Å². The molecule has 1 aliphatic rings. The fourth-order valence-corrected chi connectivity index (χ4v) is 3.32. The first kappa shape index (κ1) is 17.5. The van der Waals surface area contributed by atoms with Crippen LogP contribution in [0, 0.1) is 5.92 Å². The third-order valence-electron chi connectivity index (χ3n) is 3.67. The standard InChI is InChI=1S/C13H15F3N2O4S/c1-3-22-10(19)8-9(7-5-4-6-23-7)17-11(20)18(2)12(8,21)13(14,15)16/h4-6,8-9,21H,3H2,1-2H3,(H,17,20)/t8-,9+,12-/m0/s1. The minimum atomic E-state index is -5.24. The van der Waals surface area contributed by atoms with Crippen molar-refractivity contribution >= 4 is 23.3 Å². The molecule has 10 heteroatoms. The average Bonchev–Trinajstić information content (AvgIpc) is 2.97. The summed E-state index contributed by atoms with van der Waals surface area (Å²) in [6.07, 6.45) is -5.24. The molecule has 2 N–H and O–H groups in total. The maximum absolute atomic E-state index is 13.5. The number of thiophene rings is 1. The number of urea groups is 1. The number of aliphatic hydroxyl groups is 1. The van der Waals surface area contributed by atoms with E-state index in [0.717, 1.165) is 18.4 Å². The van der Waals surface area contributed by atoms with E-state index in [2.05, 4.69) is 5.32 Å². The maximum atomic E-state index is 13.5. The number of hydrogen-bond acceptors (Lipinski definition) is 5. The summed E-state index contributed by atoms with van der Waals surface area (Å²) in [6.45, 7) is 1.29. The predicted molar refractivity (Wildman–Crippen MR) is 74.5 cm³/mol. The Hall–Kier alpha value is -1.81. The van der Waals surface area contributed by atoms with Gasteiger partial charge in [0.15, 0.2) is 0 Å². The number of nitrogens with zero attached hydrogens (tertiary/aromatic N) is 1. The third-order valence-corrected chi connectivity index (χ3v) is 4.62. The second kappa shape index (κ2) is 6.00. The Balaban J connectivity index is 2.59. The molecule has 1 saturated heterocycles. The number of rotatable bonds is 3. The summed E-state index contributed by atoms with van der Waals surface area (Å²) in [5, 5.41) is 14.2. The van der Waals surface area contributed by atoms with Crippen LogP contribution in [0.3, 0.4) is 0 Å². The first-order chi connectivity index (χ1) is 10.6. The van der Waals surface area contributed by atoms with Crippen molar-refractivity contribution in [2.24, 2.45) is 5.92 Å². The van der Waals surface area contributed by atoms with Crippen molar-refractivity contribution in [3.8, 4) is 0 Å². The number of ether oxygens (including phenoxy) is 1. The van der Waals surface area contributed by atoms with E-state index >= 15 is 0 Å². The van der Waals surface area contributed by atoms with Gasteiger partial charge in [-0.3, -0.25) is 9.69 Å². The van der Waals surface area contributed by atoms with Gasteiger partial charge in [-0.05, 0) is 18.4 Å². The van der Waals surface area contributed by atoms with Gasteiger partial charge in [0.2, 0.25) is 0 Å². The molecule has 2 amide bonds. The molecular weight excluding hydrogens is 337 g/mol. The van der Waals surface area contributed by atoms with Gasteiger partial charge in [-0.15, -0.1) is 11.3 Å². The highest BCUT2D eigenvalue weighted by atomic mass is 32.1. The van der Waals surface area contributed by atoms with E-state index in [1.807, 2.05) is 0 Å². The molecule has 0 unspecified atom stereocenters. The Morgan fingerprint density at radius 1 is 1.57 bits per heavy atom. The molecule has 0 bridgehead atoms.